The van der Waals surface area contributed by atoms with E-state index in [4.69, 9.17) is 16.9 Å². The first-order valence-electron chi connectivity index (χ1n) is 6.09. The Morgan fingerprint density at radius 3 is 2.65 bits per heavy atom. The van der Waals surface area contributed by atoms with E-state index in [0.29, 0.717) is 17.0 Å². The molecule has 20 heavy (non-hydrogen) atoms. The van der Waals surface area contributed by atoms with Gasteiger partial charge in [-0.05, 0) is 42.3 Å². The maximum atomic E-state index is 9.85. The molecule has 0 aliphatic rings. The maximum absolute atomic E-state index is 9.85. The lowest BCUT2D eigenvalue weighted by Crippen LogP contribution is -1.86. The van der Waals surface area contributed by atoms with Gasteiger partial charge in [0.05, 0.1) is 23.2 Å². The topological polar surface area (TPSA) is 56.4 Å². The van der Waals surface area contributed by atoms with E-state index in [-0.39, 0.29) is 5.75 Å². The average molecular weight is 285 g/mol. The predicted octanol–water partition coefficient (Wildman–Crippen LogP) is 4.17. The molecule has 0 aromatic heterocycles. The largest absolute Gasteiger partial charge is 0.506 e. The smallest absolute Gasteiger partial charge is 0.142 e. The van der Waals surface area contributed by atoms with Crippen LogP contribution in [-0.4, -0.2) is 11.3 Å². The number of aliphatic imine (C=N–C) groups is 1. The van der Waals surface area contributed by atoms with Crippen LogP contribution < -0.4 is 0 Å². The van der Waals surface area contributed by atoms with Crippen LogP contribution >= 0.6 is 11.6 Å². The number of hydrogen-bond donors (Lipinski definition) is 1. The van der Waals surface area contributed by atoms with Crippen molar-refractivity contribution in [2.24, 2.45) is 4.99 Å². The molecular weight excluding hydrogens is 272 g/mol. The number of rotatable bonds is 3. The molecule has 0 bridgehead atoms. The summed E-state index contributed by atoms with van der Waals surface area (Å²) in [7, 11) is 0. The van der Waals surface area contributed by atoms with Gasteiger partial charge in [0, 0.05) is 11.8 Å². The lowest BCUT2D eigenvalue weighted by atomic mass is 10.1. The molecule has 2 aromatic carbocycles. The number of nitriles is 1. The molecule has 0 spiro atoms. The number of halogens is 1. The quantitative estimate of drug-likeness (QED) is 0.860. The minimum absolute atomic E-state index is 0.0297. The molecule has 2 rings (SSSR count). The van der Waals surface area contributed by atoms with Gasteiger partial charge in [-0.1, -0.05) is 23.7 Å². The van der Waals surface area contributed by atoms with Crippen LogP contribution in [0.25, 0.3) is 0 Å². The first-order valence-corrected chi connectivity index (χ1v) is 6.47. The zero-order chi connectivity index (χ0) is 14.5. The van der Waals surface area contributed by atoms with E-state index < -0.39 is 0 Å². The second kappa shape index (κ2) is 6.23. The zero-order valence-electron chi connectivity index (χ0n) is 11.0. The Labute approximate surface area is 122 Å². The lowest BCUT2D eigenvalue weighted by molar-refractivity contribution is 0.474. The van der Waals surface area contributed by atoms with Gasteiger partial charge >= 0.3 is 0 Å². The molecule has 0 atom stereocenters. The number of hydrogen-bond acceptors (Lipinski definition) is 3. The summed E-state index contributed by atoms with van der Waals surface area (Å²) in [6, 6.07) is 13.0. The maximum Gasteiger partial charge on any atom is 0.142 e. The van der Waals surface area contributed by atoms with Crippen LogP contribution in [0.15, 0.2) is 41.4 Å². The fraction of sp³-hybridized carbons (Fsp3) is 0.125. The highest BCUT2D eigenvalue weighted by atomic mass is 35.5. The summed E-state index contributed by atoms with van der Waals surface area (Å²) >= 11 is 5.91. The second-order valence-electron chi connectivity index (χ2n) is 4.44. The summed E-state index contributed by atoms with van der Waals surface area (Å²) in [4.78, 5) is 4.29. The average Bonchev–Trinajstić information content (AvgIpc) is 2.43. The molecule has 0 saturated carbocycles. The summed E-state index contributed by atoms with van der Waals surface area (Å²) in [5.74, 6) is 0.0297. The van der Waals surface area contributed by atoms with Crippen molar-refractivity contribution < 1.29 is 5.11 Å². The van der Waals surface area contributed by atoms with Crippen LogP contribution in [0.2, 0.25) is 5.02 Å². The van der Waals surface area contributed by atoms with Gasteiger partial charge < -0.3 is 5.11 Å². The molecule has 2 aromatic rings. The summed E-state index contributed by atoms with van der Waals surface area (Å²) in [6.45, 7) is 1.90. The Bertz CT molecular complexity index is 685. The molecule has 0 amide bonds. The molecule has 0 radical (unpaired) electrons. The van der Waals surface area contributed by atoms with E-state index in [9.17, 15) is 5.11 Å². The van der Waals surface area contributed by atoms with Crippen LogP contribution in [0.4, 0.5) is 5.69 Å². The Balaban J connectivity index is 2.23. The van der Waals surface area contributed by atoms with Gasteiger partial charge in [-0.15, -0.1) is 0 Å². The minimum Gasteiger partial charge on any atom is -0.506 e. The molecule has 0 aliphatic heterocycles. The fourth-order valence-corrected chi connectivity index (χ4v) is 2.08. The van der Waals surface area contributed by atoms with Gasteiger partial charge in [0.25, 0.3) is 0 Å². The molecule has 0 unspecified atom stereocenters. The summed E-state index contributed by atoms with van der Waals surface area (Å²) in [5.41, 5.74) is 3.24. The van der Waals surface area contributed by atoms with Gasteiger partial charge in [-0.2, -0.15) is 5.26 Å². The number of nitrogens with zero attached hydrogens (tertiary/aromatic N) is 2. The van der Waals surface area contributed by atoms with Crippen molar-refractivity contribution in [2.75, 3.05) is 0 Å². The Hall–Kier alpha value is -2.31. The third-order valence-electron chi connectivity index (χ3n) is 2.81. The van der Waals surface area contributed by atoms with Crippen molar-refractivity contribution in [3.05, 3.63) is 58.1 Å². The Morgan fingerprint density at radius 2 is 2.00 bits per heavy atom. The first kappa shape index (κ1) is 14.1. The van der Waals surface area contributed by atoms with E-state index in [2.05, 4.69) is 11.1 Å². The predicted molar refractivity (Wildman–Crippen MR) is 80.9 cm³/mol. The van der Waals surface area contributed by atoms with E-state index >= 15 is 0 Å². The van der Waals surface area contributed by atoms with E-state index in [1.54, 1.807) is 12.3 Å². The molecule has 0 aliphatic carbocycles. The van der Waals surface area contributed by atoms with Crippen molar-refractivity contribution in [2.45, 2.75) is 13.3 Å². The van der Waals surface area contributed by atoms with Crippen molar-refractivity contribution in [3.8, 4) is 11.8 Å². The zero-order valence-corrected chi connectivity index (χ0v) is 11.7. The van der Waals surface area contributed by atoms with Crippen LogP contribution in [0.5, 0.6) is 5.75 Å². The first-order chi connectivity index (χ1) is 9.60. The molecule has 100 valence electrons. The van der Waals surface area contributed by atoms with Crippen molar-refractivity contribution in [1.82, 2.24) is 0 Å². The number of benzene rings is 2. The number of phenols is 1. The van der Waals surface area contributed by atoms with Gasteiger partial charge in [-0.25, -0.2) is 0 Å². The summed E-state index contributed by atoms with van der Waals surface area (Å²) in [5, 5.41) is 18.8. The lowest BCUT2D eigenvalue weighted by Gasteiger charge is -2.03. The van der Waals surface area contributed by atoms with Gasteiger partial charge in [0.2, 0.25) is 0 Å². The Kier molecular flexibility index (Phi) is 4.39. The monoisotopic (exact) mass is 284 g/mol. The fourth-order valence-electron chi connectivity index (χ4n) is 1.80. The summed E-state index contributed by atoms with van der Waals surface area (Å²) < 4.78 is 0. The van der Waals surface area contributed by atoms with Crippen LogP contribution in [-0.2, 0) is 6.42 Å². The van der Waals surface area contributed by atoms with E-state index in [1.807, 2.05) is 37.3 Å². The van der Waals surface area contributed by atoms with E-state index in [1.165, 1.54) is 0 Å². The number of phenolic OH excluding ortho intramolecular Hbond substituents is 1. The normalized spacial score (nSPS) is 10.7. The van der Waals surface area contributed by atoms with Gasteiger partial charge in [0.15, 0.2) is 0 Å². The standard InChI is InChI=1S/C16H13ClN2O/c1-11-8-13(16(20)15(17)9-11)10-19-14-4-2-12(3-5-14)6-7-18/h2-5,8-10,20H,6H2,1H3/b19-10+. The highest BCUT2D eigenvalue weighted by Crippen LogP contribution is 2.28. The molecular formula is C16H13ClN2O. The van der Waals surface area contributed by atoms with Crippen LogP contribution in [0.1, 0.15) is 16.7 Å². The van der Waals surface area contributed by atoms with Crippen molar-refractivity contribution in [1.29, 1.82) is 5.26 Å². The molecule has 0 heterocycles. The SMILES string of the molecule is Cc1cc(Cl)c(O)c(/C=N/c2ccc(CC#N)cc2)c1. The highest BCUT2D eigenvalue weighted by Gasteiger charge is 2.04. The third-order valence-corrected chi connectivity index (χ3v) is 3.10. The Morgan fingerprint density at radius 1 is 1.30 bits per heavy atom. The molecule has 4 heteroatoms. The third kappa shape index (κ3) is 3.37. The molecule has 0 fully saturated rings. The minimum atomic E-state index is 0.0297. The van der Waals surface area contributed by atoms with Crippen LogP contribution in [0, 0.1) is 18.3 Å². The van der Waals surface area contributed by atoms with Gasteiger partial charge in [0.1, 0.15) is 5.75 Å². The van der Waals surface area contributed by atoms with Crippen molar-refractivity contribution >= 4 is 23.5 Å². The number of aromatic hydroxyl groups is 1. The molecule has 1 N–H and O–H groups in total. The molecule has 0 saturated heterocycles. The molecule has 3 nitrogen and oxygen atoms in total. The van der Waals surface area contributed by atoms with Crippen molar-refractivity contribution in [3.63, 3.8) is 0 Å². The second-order valence-corrected chi connectivity index (χ2v) is 4.85. The van der Waals surface area contributed by atoms with Gasteiger partial charge in [-0.3, -0.25) is 4.99 Å². The van der Waals surface area contributed by atoms with Crippen LogP contribution in [0.3, 0.4) is 0 Å². The number of aryl methyl sites for hydroxylation is 1. The van der Waals surface area contributed by atoms with E-state index in [0.717, 1.165) is 16.8 Å². The highest BCUT2D eigenvalue weighted by molar-refractivity contribution is 6.32. The summed E-state index contributed by atoms with van der Waals surface area (Å²) in [6.07, 6.45) is 1.96.